The molecular weight excluding hydrogens is 184 g/mol. The fourth-order valence-corrected chi connectivity index (χ4v) is 2.63. The number of nitrogens with one attached hydrogen (secondary N) is 1. The first-order valence-corrected chi connectivity index (χ1v) is 6.72. The Morgan fingerprint density at radius 1 is 1.40 bits per heavy atom. The smallest absolute Gasteiger partial charge is 0.0220 e. The van der Waals surface area contributed by atoms with Gasteiger partial charge in [0.2, 0.25) is 0 Å². The molecule has 2 heteroatoms. The van der Waals surface area contributed by atoms with Crippen molar-refractivity contribution in [3.63, 3.8) is 0 Å². The monoisotopic (exact) mass is 212 g/mol. The van der Waals surface area contributed by atoms with Crippen LogP contribution in [-0.2, 0) is 0 Å². The van der Waals surface area contributed by atoms with Crippen molar-refractivity contribution in [3.05, 3.63) is 0 Å². The number of rotatable bonds is 7. The van der Waals surface area contributed by atoms with E-state index in [1.807, 2.05) is 0 Å². The van der Waals surface area contributed by atoms with E-state index in [2.05, 4.69) is 31.0 Å². The van der Waals surface area contributed by atoms with Crippen LogP contribution in [0.5, 0.6) is 0 Å². The van der Waals surface area contributed by atoms with Gasteiger partial charge in [0.25, 0.3) is 0 Å². The first kappa shape index (κ1) is 13.0. The van der Waals surface area contributed by atoms with Crippen LogP contribution in [0.25, 0.3) is 0 Å². The summed E-state index contributed by atoms with van der Waals surface area (Å²) in [6, 6.07) is 0.809. The van der Waals surface area contributed by atoms with E-state index in [0.717, 1.165) is 12.0 Å². The minimum absolute atomic E-state index is 0.809. The maximum atomic E-state index is 3.63. The lowest BCUT2D eigenvalue weighted by atomic mass is 10.1. The molecular formula is C13H28N2. The third kappa shape index (κ3) is 4.52. The summed E-state index contributed by atoms with van der Waals surface area (Å²) >= 11 is 0. The Balaban J connectivity index is 2.08. The molecule has 0 aromatic heterocycles. The van der Waals surface area contributed by atoms with Crippen LogP contribution in [-0.4, -0.2) is 37.1 Å². The molecule has 1 fully saturated rings. The first-order chi connectivity index (χ1) is 7.27. The second-order valence-corrected chi connectivity index (χ2v) is 4.98. The van der Waals surface area contributed by atoms with Gasteiger partial charge in [0.15, 0.2) is 0 Å². The zero-order valence-corrected chi connectivity index (χ0v) is 10.8. The summed E-state index contributed by atoms with van der Waals surface area (Å²) in [6.07, 6.45) is 5.45. The molecule has 1 N–H and O–H groups in total. The van der Waals surface area contributed by atoms with Crippen molar-refractivity contribution in [3.8, 4) is 0 Å². The predicted molar refractivity (Wildman–Crippen MR) is 67.2 cm³/mol. The zero-order valence-electron chi connectivity index (χ0n) is 10.8. The van der Waals surface area contributed by atoms with Gasteiger partial charge in [-0.25, -0.2) is 0 Å². The van der Waals surface area contributed by atoms with E-state index in [1.165, 1.54) is 51.9 Å². The number of likely N-dealkylation sites (N-methyl/N-ethyl adjacent to an activating group) is 1. The van der Waals surface area contributed by atoms with Crippen molar-refractivity contribution in [1.29, 1.82) is 0 Å². The Labute approximate surface area is 95.4 Å². The predicted octanol–water partition coefficient (Wildman–Crippen LogP) is 2.50. The van der Waals surface area contributed by atoms with Crippen LogP contribution in [0.15, 0.2) is 0 Å². The Morgan fingerprint density at radius 3 is 2.87 bits per heavy atom. The molecule has 15 heavy (non-hydrogen) atoms. The van der Waals surface area contributed by atoms with Crippen molar-refractivity contribution >= 4 is 0 Å². The van der Waals surface area contributed by atoms with E-state index in [0.29, 0.717) is 0 Å². The maximum absolute atomic E-state index is 3.63. The van der Waals surface area contributed by atoms with Gasteiger partial charge in [-0.3, -0.25) is 4.90 Å². The lowest BCUT2D eigenvalue weighted by Gasteiger charge is -2.23. The highest BCUT2D eigenvalue weighted by Crippen LogP contribution is 2.15. The highest BCUT2D eigenvalue weighted by atomic mass is 15.2. The van der Waals surface area contributed by atoms with Gasteiger partial charge in [-0.1, -0.05) is 27.2 Å². The molecule has 2 nitrogen and oxygen atoms in total. The van der Waals surface area contributed by atoms with Crippen LogP contribution in [0.1, 0.15) is 46.5 Å². The molecule has 1 heterocycles. The molecule has 0 aromatic carbocycles. The second-order valence-electron chi connectivity index (χ2n) is 4.98. The fraction of sp³-hybridized carbons (Fsp3) is 1.00. The fourth-order valence-electron chi connectivity index (χ4n) is 2.63. The molecule has 1 rings (SSSR count). The number of nitrogens with zero attached hydrogens (tertiary/aromatic N) is 1. The molecule has 0 saturated carbocycles. The standard InChI is InChI=1S/C13H28N2/c1-4-7-12(3)10-14-11-13-8-6-9-15(13)5-2/h12-14H,4-11H2,1-3H3/t12-,13+/m1/s1. The first-order valence-electron chi connectivity index (χ1n) is 6.72. The summed E-state index contributed by atoms with van der Waals surface area (Å²) < 4.78 is 0. The van der Waals surface area contributed by atoms with E-state index in [4.69, 9.17) is 0 Å². The molecule has 0 spiro atoms. The highest BCUT2D eigenvalue weighted by Gasteiger charge is 2.22. The van der Waals surface area contributed by atoms with Gasteiger partial charge in [0.1, 0.15) is 0 Å². The van der Waals surface area contributed by atoms with Crippen molar-refractivity contribution in [2.24, 2.45) is 5.92 Å². The number of hydrogen-bond donors (Lipinski definition) is 1. The summed E-state index contributed by atoms with van der Waals surface area (Å²) in [5.41, 5.74) is 0. The SMILES string of the molecule is CCC[C@@H](C)CNC[C@@H]1CCCN1CC. The van der Waals surface area contributed by atoms with E-state index in [-0.39, 0.29) is 0 Å². The van der Waals surface area contributed by atoms with Gasteiger partial charge in [0.05, 0.1) is 0 Å². The molecule has 1 saturated heterocycles. The van der Waals surface area contributed by atoms with Crippen LogP contribution in [0.3, 0.4) is 0 Å². The van der Waals surface area contributed by atoms with Crippen LogP contribution >= 0.6 is 0 Å². The molecule has 90 valence electrons. The lowest BCUT2D eigenvalue weighted by molar-refractivity contribution is 0.257. The van der Waals surface area contributed by atoms with Gasteiger partial charge in [-0.15, -0.1) is 0 Å². The Hall–Kier alpha value is -0.0800. The molecule has 0 radical (unpaired) electrons. The number of hydrogen-bond acceptors (Lipinski definition) is 2. The summed E-state index contributed by atoms with van der Waals surface area (Å²) in [5.74, 6) is 0.839. The molecule has 0 amide bonds. The number of likely N-dealkylation sites (tertiary alicyclic amines) is 1. The largest absolute Gasteiger partial charge is 0.315 e. The summed E-state index contributed by atoms with van der Waals surface area (Å²) in [6.45, 7) is 11.8. The minimum Gasteiger partial charge on any atom is -0.315 e. The molecule has 1 aliphatic heterocycles. The minimum atomic E-state index is 0.809. The van der Waals surface area contributed by atoms with E-state index < -0.39 is 0 Å². The van der Waals surface area contributed by atoms with Gasteiger partial charge in [-0.05, 0) is 44.8 Å². The quantitative estimate of drug-likeness (QED) is 0.697. The van der Waals surface area contributed by atoms with Crippen molar-refractivity contribution in [2.75, 3.05) is 26.2 Å². The van der Waals surface area contributed by atoms with E-state index in [1.54, 1.807) is 0 Å². The van der Waals surface area contributed by atoms with E-state index in [9.17, 15) is 0 Å². The van der Waals surface area contributed by atoms with Crippen molar-refractivity contribution in [1.82, 2.24) is 10.2 Å². The average molecular weight is 212 g/mol. The molecule has 0 unspecified atom stereocenters. The molecule has 0 bridgehead atoms. The van der Waals surface area contributed by atoms with Crippen LogP contribution < -0.4 is 5.32 Å². The molecule has 0 aromatic rings. The molecule has 0 aliphatic carbocycles. The third-order valence-electron chi connectivity index (χ3n) is 3.56. The summed E-state index contributed by atoms with van der Waals surface area (Å²) in [5, 5.41) is 3.63. The zero-order chi connectivity index (χ0) is 11.1. The Bertz CT molecular complexity index is 159. The second kappa shape index (κ2) is 7.24. The van der Waals surface area contributed by atoms with Crippen molar-refractivity contribution in [2.45, 2.75) is 52.5 Å². The third-order valence-corrected chi connectivity index (χ3v) is 3.56. The normalized spacial score (nSPS) is 24.6. The molecule has 1 aliphatic rings. The van der Waals surface area contributed by atoms with Crippen LogP contribution in [0, 0.1) is 5.92 Å². The maximum Gasteiger partial charge on any atom is 0.0220 e. The van der Waals surface area contributed by atoms with Crippen LogP contribution in [0.2, 0.25) is 0 Å². The average Bonchev–Trinajstić information content (AvgIpc) is 2.66. The van der Waals surface area contributed by atoms with E-state index >= 15 is 0 Å². The lowest BCUT2D eigenvalue weighted by Crippen LogP contribution is -2.39. The van der Waals surface area contributed by atoms with Gasteiger partial charge in [0, 0.05) is 12.6 Å². The Kier molecular flexibility index (Phi) is 6.26. The summed E-state index contributed by atoms with van der Waals surface area (Å²) in [4.78, 5) is 2.61. The molecule has 2 atom stereocenters. The van der Waals surface area contributed by atoms with Gasteiger partial charge >= 0.3 is 0 Å². The van der Waals surface area contributed by atoms with Crippen LogP contribution in [0.4, 0.5) is 0 Å². The van der Waals surface area contributed by atoms with Gasteiger partial charge in [-0.2, -0.15) is 0 Å². The summed E-state index contributed by atoms with van der Waals surface area (Å²) in [7, 11) is 0. The van der Waals surface area contributed by atoms with Gasteiger partial charge < -0.3 is 5.32 Å². The topological polar surface area (TPSA) is 15.3 Å². The van der Waals surface area contributed by atoms with Crippen molar-refractivity contribution < 1.29 is 0 Å². The highest BCUT2D eigenvalue weighted by molar-refractivity contribution is 4.80. The Morgan fingerprint density at radius 2 is 2.20 bits per heavy atom.